The quantitative estimate of drug-likeness (QED) is 0.850. The van der Waals surface area contributed by atoms with Crippen LogP contribution < -0.4 is 10.1 Å². The Labute approximate surface area is 104 Å². The van der Waals surface area contributed by atoms with E-state index in [1.807, 2.05) is 18.3 Å². The minimum Gasteiger partial charge on any atom is -0.474 e. The van der Waals surface area contributed by atoms with E-state index in [1.54, 1.807) is 0 Å². The summed E-state index contributed by atoms with van der Waals surface area (Å²) < 4.78 is 5.85. The number of hydrogen-bond acceptors (Lipinski definition) is 3. The summed E-state index contributed by atoms with van der Waals surface area (Å²) in [7, 11) is 0. The lowest BCUT2D eigenvalue weighted by atomic mass is 9.89. The van der Waals surface area contributed by atoms with Crippen molar-refractivity contribution in [3.63, 3.8) is 0 Å². The minimum atomic E-state index is 0.339. The summed E-state index contributed by atoms with van der Waals surface area (Å²) in [5.41, 5.74) is 1.28. The number of aromatic nitrogens is 1. The van der Waals surface area contributed by atoms with Gasteiger partial charge in [-0.2, -0.15) is 0 Å². The van der Waals surface area contributed by atoms with E-state index in [-0.39, 0.29) is 0 Å². The first kappa shape index (κ1) is 12.4. The van der Waals surface area contributed by atoms with Gasteiger partial charge in [0.25, 0.3) is 0 Å². The first-order chi connectivity index (χ1) is 8.17. The topological polar surface area (TPSA) is 34.1 Å². The predicted molar refractivity (Wildman–Crippen MR) is 69.3 cm³/mol. The summed E-state index contributed by atoms with van der Waals surface area (Å²) in [6.07, 6.45) is 5.38. The molecule has 17 heavy (non-hydrogen) atoms. The van der Waals surface area contributed by atoms with Crippen molar-refractivity contribution < 1.29 is 4.74 Å². The average molecular weight is 234 g/mol. The molecule has 1 fully saturated rings. The predicted octanol–water partition coefficient (Wildman–Crippen LogP) is 2.55. The van der Waals surface area contributed by atoms with Crippen LogP contribution in [0.1, 0.15) is 39.2 Å². The smallest absolute Gasteiger partial charge is 0.213 e. The highest BCUT2D eigenvalue weighted by Gasteiger charge is 2.31. The van der Waals surface area contributed by atoms with Gasteiger partial charge < -0.3 is 10.1 Å². The molecule has 3 heteroatoms. The molecule has 1 aliphatic carbocycles. The van der Waals surface area contributed by atoms with E-state index in [2.05, 4.69) is 31.1 Å². The Morgan fingerprint density at radius 2 is 2.24 bits per heavy atom. The maximum atomic E-state index is 5.85. The third kappa shape index (κ3) is 3.43. The summed E-state index contributed by atoms with van der Waals surface area (Å²) in [5, 5.41) is 3.52. The summed E-state index contributed by atoms with van der Waals surface area (Å²) in [6, 6.07) is 5.26. The standard InChI is InChI=1S/C14H22N2O/c1-4-11-5-6-15-14(7-11)17-13-8-12(9-13)16-10(2)3/h5-7,10,12-13,16H,4,8-9H2,1-3H3/t12-,13-. The van der Waals surface area contributed by atoms with E-state index in [0.29, 0.717) is 18.2 Å². The molecule has 1 aromatic heterocycles. The fourth-order valence-electron chi connectivity index (χ4n) is 2.17. The van der Waals surface area contributed by atoms with Gasteiger partial charge in [0.05, 0.1) is 0 Å². The molecule has 1 aromatic rings. The fourth-order valence-corrected chi connectivity index (χ4v) is 2.17. The van der Waals surface area contributed by atoms with E-state index in [0.717, 1.165) is 25.1 Å². The van der Waals surface area contributed by atoms with Crippen LogP contribution in [-0.2, 0) is 6.42 Å². The molecule has 3 nitrogen and oxygen atoms in total. The van der Waals surface area contributed by atoms with Gasteiger partial charge >= 0.3 is 0 Å². The Hall–Kier alpha value is -1.09. The molecule has 1 aliphatic rings. The molecular formula is C14H22N2O. The maximum Gasteiger partial charge on any atom is 0.213 e. The highest BCUT2D eigenvalue weighted by atomic mass is 16.5. The van der Waals surface area contributed by atoms with Gasteiger partial charge in [-0.1, -0.05) is 20.8 Å². The van der Waals surface area contributed by atoms with Crippen molar-refractivity contribution in [1.29, 1.82) is 0 Å². The molecule has 0 amide bonds. The SMILES string of the molecule is CCc1ccnc(O[C@H]2C[C@H](NC(C)C)C2)c1. The van der Waals surface area contributed by atoms with Crippen LogP contribution in [0, 0.1) is 0 Å². The van der Waals surface area contributed by atoms with Crippen LogP contribution >= 0.6 is 0 Å². The zero-order valence-electron chi connectivity index (χ0n) is 10.9. The molecule has 0 atom stereocenters. The van der Waals surface area contributed by atoms with Gasteiger partial charge in [-0.3, -0.25) is 0 Å². The second-order valence-corrected chi connectivity index (χ2v) is 5.09. The zero-order chi connectivity index (χ0) is 12.3. The van der Waals surface area contributed by atoms with E-state index < -0.39 is 0 Å². The van der Waals surface area contributed by atoms with Crippen LogP contribution in [0.3, 0.4) is 0 Å². The van der Waals surface area contributed by atoms with Gasteiger partial charge in [0.1, 0.15) is 6.10 Å². The normalized spacial score (nSPS) is 23.5. The minimum absolute atomic E-state index is 0.339. The van der Waals surface area contributed by atoms with Crippen molar-refractivity contribution in [2.75, 3.05) is 0 Å². The molecule has 0 saturated heterocycles. The maximum absolute atomic E-state index is 5.85. The van der Waals surface area contributed by atoms with Crippen LogP contribution in [0.2, 0.25) is 0 Å². The lowest BCUT2D eigenvalue weighted by molar-refractivity contribution is 0.0771. The first-order valence-electron chi connectivity index (χ1n) is 6.55. The Morgan fingerprint density at radius 3 is 2.88 bits per heavy atom. The van der Waals surface area contributed by atoms with Crippen LogP contribution in [-0.4, -0.2) is 23.2 Å². The molecular weight excluding hydrogens is 212 g/mol. The molecule has 2 rings (SSSR count). The third-order valence-electron chi connectivity index (χ3n) is 3.16. The molecule has 1 N–H and O–H groups in total. The van der Waals surface area contributed by atoms with Crippen LogP contribution in [0.4, 0.5) is 0 Å². The average Bonchev–Trinajstić information content (AvgIpc) is 2.26. The van der Waals surface area contributed by atoms with Gasteiger partial charge in [0.15, 0.2) is 0 Å². The number of ether oxygens (including phenoxy) is 1. The molecule has 0 radical (unpaired) electrons. The zero-order valence-corrected chi connectivity index (χ0v) is 10.9. The first-order valence-corrected chi connectivity index (χ1v) is 6.55. The van der Waals surface area contributed by atoms with Crippen molar-refractivity contribution in [1.82, 2.24) is 10.3 Å². The molecule has 0 aliphatic heterocycles. The monoisotopic (exact) mass is 234 g/mol. The Balaban J connectivity index is 1.79. The van der Waals surface area contributed by atoms with E-state index in [1.165, 1.54) is 5.56 Å². The van der Waals surface area contributed by atoms with E-state index in [4.69, 9.17) is 4.74 Å². The molecule has 0 spiro atoms. The number of pyridine rings is 1. The van der Waals surface area contributed by atoms with E-state index in [9.17, 15) is 0 Å². The van der Waals surface area contributed by atoms with Crippen LogP contribution in [0.15, 0.2) is 18.3 Å². The highest BCUT2D eigenvalue weighted by molar-refractivity contribution is 5.20. The Kier molecular flexibility index (Phi) is 4.00. The van der Waals surface area contributed by atoms with Crippen molar-refractivity contribution >= 4 is 0 Å². The molecule has 1 saturated carbocycles. The van der Waals surface area contributed by atoms with Gasteiger partial charge in [0, 0.05) is 24.3 Å². The highest BCUT2D eigenvalue weighted by Crippen LogP contribution is 2.25. The summed E-state index contributed by atoms with van der Waals surface area (Å²) in [5.74, 6) is 0.775. The van der Waals surface area contributed by atoms with Gasteiger partial charge in [-0.25, -0.2) is 4.98 Å². The van der Waals surface area contributed by atoms with Crippen LogP contribution in [0.25, 0.3) is 0 Å². The third-order valence-corrected chi connectivity index (χ3v) is 3.16. The fraction of sp³-hybridized carbons (Fsp3) is 0.643. The number of nitrogens with zero attached hydrogens (tertiary/aromatic N) is 1. The summed E-state index contributed by atoms with van der Waals surface area (Å²) in [4.78, 5) is 4.25. The van der Waals surface area contributed by atoms with Crippen molar-refractivity contribution in [3.05, 3.63) is 23.9 Å². The van der Waals surface area contributed by atoms with Crippen molar-refractivity contribution in [2.45, 2.75) is 58.2 Å². The van der Waals surface area contributed by atoms with Gasteiger partial charge in [0.2, 0.25) is 5.88 Å². The Bertz CT molecular complexity index is 359. The molecule has 94 valence electrons. The van der Waals surface area contributed by atoms with Crippen molar-refractivity contribution in [3.8, 4) is 5.88 Å². The Morgan fingerprint density at radius 1 is 1.47 bits per heavy atom. The largest absolute Gasteiger partial charge is 0.474 e. The lowest BCUT2D eigenvalue weighted by Crippen LogP contribution is -2.49. The summed E-state index contributed by atoms with van der Waals surface area (Å²) >= 11 is 0. The summed E-state index contributed by atoms with van der Waals surface area (Å²) in [6.45, 7) is 6.51. The van der Waals surface area contributed by atoms with E-state index >= 15 is 0 Å². The van der Waals surface area contributed by atoms with Crippen molar-refractivity contribution in [2.24, 2.45) is 0 Å². The number of aryl methyl sites for hydroxylation is 1. The lowest BCUT2D eigenvalue weighted by Gasteiger charge is -2.36. The van der Waals surface area contributed by atoms with Gasteiger partial charge in [-0.05, 0) is 30.9 Å². The second kappa shape index (κ2) is 5.50. The molecule has 0 aromatic carbocycles. The van der Waals surface area contributed by atoms with Crippen LogP contribution in [0.5, 0.6) is 5.88 Å². The molecule has 0 bridgehead atoms. The molecule has 1 heterocycles. The van der Waals surface area contributed by atoms with Gasteiger partial charge in [-0.15, -0.1) is 0 Å². The number of nitrogens with one attached hydrogen (secondary N) is 1. The second-order valence-electron chi connectivity index (χ2n) is 5.09. The molecule has 0 unspecified atom stereocenters. The number of hydrogen-bond donors (Lipinski definition) is 1. The number of rotatable bonds is 5.